The number of phenolic OH excluding ortho intramolecular Hbond substituents is 4. The predicted octanol–water partition coefficient (Wildman–Crippen LogP) is 4.62. The van der Waals surface area contributed by atoms with Gasteiger partial charge in [0.1, 0.15) is 0 Å². The van der Waals surface area contributed by atoms with E-state index < -0.39 is 23.0 Å². The van der Waals surface area contributed by atoms with Crippen molar-refractivity contribution in [3.8, 4) is 46.0 Å². The number of aromatic hydroxyl groups is 4. The van der Waals surface area contributed by atoms with Crippen molar-refractivity contribution < 1.29 is 34.6 Å². The number of phenols is 4. The Kier molecular flexibility index (Phi) is 4.35. The molecular weight excluding hydrogens is 376 g/mol. The highest BCUT2D eigenvalue weighted by atomic mass is 16.5. The van der Waals surface area contributed by atoms with Gasteiger partial charge in [-0.2, -0.15) is 0 Å². The van der Waals surface area contributed by atoms with Gasteiger partial charge in [-0.1, -0.05) is 48.5 Å². The van der Waals surface area contributed by atoms with Gasteiger partial charge in [0, 0.05) is 21.5 Å². The van der Waals surface area contributed by atoms with Gasteiger partial charge in [0.15, 0.2) is 23.0 Å². The van der Waals surface area contributed by atoms with Gasteiger partial charge in [-0.25, -0.2) is 0 Å². The highest BCUT2D eigenvalue weighted by Gasteiger charge is 2.25. The molecule has 0 aliphatic rings. The smallest absolute Gasteiger partial charge is 0.205 e. The van der Waals surface area contributed by atoms with E-state index in [1.54, 1.807) is 48.5 Å². The summed E-state index contributed by atoms with van der Waals surface area (Å²) in [5.41, 5.74) is 0. The van der Waals surface area contributed by atoms with Crippen LogP contribution in [-0.2, 0) is 0 Å². The maximum Gasteiger partial charge on any atom is 0.205 e. The molecule has 0 fully saturated rings. The summed E-state index contributed by atoms with van der Waals surface area (Å²) >= 11 is 0. The number of ether oxygens (including phenoxy) is 3. The molecule has 0 aromatic heterocycles. The predicted molar refractivity (Wildman–Crippen MR) is 108 cm³/mol. The van der Waals surface area contributed by atoms with Crippen LogP contribution in [0.1, 0.15) is 0 Å². The second-order valence-corrected chi connectivity index (χ2v) is 6.31. The summed E-state index contributed by atoms with van der Waals surface area (Å²) in [5, 5.41) is 43.8. The molecule has 0 spiro atoms. The molecule has 0 bridgehead atoms. The second-order valence-electron chi connectivity index (χ2n) is 6.31. The number of rotatable bonds is 4. The third-order valence-electron chi connectivity index (χ3n) is 4.75. The van der Waals surface area contributed by atoms with E-state index in [-0.39, 0.29) is 23.0 Å². The number of methoxy groups -OCH3 is 2. The average Bonchev–Trinajstić information content (AvgIpc) is 2.74. The molecule has 4 rings (SSSR count). The van der Waals surface area contributed by atoms with E-state index in [0.29, 0.717) is 21.5 Å². The lowest BCUT2D eigenvalue weighted by atomic mass is 10.1. The average molecular weight is 394 g/mol. The zero-order valence-electron chi connectivity index (χ0n) is 15.6. The zero-order valence-corrected chi connectivity index (χ0v) is 15.6. The first-order valence-corrected chi connectivity index (χ1v) is 8.68. The second kappa shape index (κ2) is 6.87. The van der Waals surface area contributed by atoms with Gasteiger partial charge >= 0.3 is 0 Å². The van der Waals surface area contributed by atoms with Crippen LogP contribution in [0.4, 0.5) is 0 Å². The van der Waals surface area contributed by atoms with E-state index in [9.17, 15) is 20.4 Å². The first-order valence-electron chi connectivity index (χ1n) is 8.68. The topological polar surface area (TPSA) is 109 Å². The zero-order chi connectivity index (χ0) is 20.7. The third-order valence-corrected chi connectivity index (χ3v) is 4.75. The van der Waals surface area contributed by atoms with Crippen LogP contribution in [0.25, 0.3) is 21.5 Å². The Balaban J connectivity index is 2.04. The molecule has 0 saturated carbocycles. The molecule has 4 aromatic rings. The molecule has 4 aromatic carbocycles. The van der Waals surface area contributed by atoms with E-state index in [2.05, 4.69) is 0 Å². The SMILES string of the molecule is COc1c(O)c(O)c(Oc2c(O)c(O)c(OC)c3ccccc23)c2ccccc12. The molecule has 4 N–H and O–H groups in total. The van der Waals surface area contributed by atoms with Gasteiger partial charge in [0.25, 0.3) is 0 Å². The fourth-order valence-electron chi connectivity index (χ4n) is 3.42. The summed E-state index contributed by atoms with van der Waals surface area (Å²) in [5.74, 6) is -2.11. The minimum absolute atomic E-state index is 0.0936. The monoisotopic (exact) mass is 394 g/mol. The number of hydrogen-bond donors (Lipinski definition) is 4. The van der Waals surface area contributed by atoms with Crippen molar-refractivity contribution in [2.24, 2.45) is 0 Å². The third kappa shape index (κ3) is 2.67. The van der Waals surface area contributed by atoms with Crippen molar-refractivity contribution in [1.29, 1.82) is 0 Å². The van der Waals surface area contributed by atoms with E-state index in [0.717, 1.165) is 0 Å². The Morgan fingerprint density at radius 1 is 0.483 bits per heavy atom. The molecule has 29 heavy (non-hydrogen) atoms. The van der Waals surface area contributed by atoms with Gasteiger partial charge in [0.2, 0.25) is 23.0 Å². The van der Waals surface area contributed by atoms with Crippen LogP contribution in [-0.4, -0.2) is 34.6 Å². The summed E-state index contributed by atoms with van der Waals surface area (Å²) in [6, 6.07) is 13.7. The molecule has 7 nitrogen and oxygen atoms in total. The van der Waals surface area contributed by atoms with Crippen LogP contribution in [0, 0.1) is 0 Å². The van der Waals surface area contributed by atoms with Gasteiger partial charge in [-0.15, -0.1) is 0 Å². The molecule has 0 unspecified atom stereocenters. The van der Waals surface area contributed by atoms with Crippen molar-refractivity contribution in [2.45, 2.75) is 0 Å². The van der Waals surface area contributed by atoms with E-state index >= 15 is 0 Å². The van der Waals surface area contributed by atoms with Crippen molar-refractivity contribution in [2.75, 3.05) is 14.2 Å². The van der Waals surface area contributed by atoms with Crippen molar-refractivity contribution in [3.63, 3.8) is 0 Å². The van der Waals surface area contributed by atoms with E-state index in [1.807, 2.05) is 0 Å². The minimum atomic E-state index is -0.556. The Morgan fingerprint density at radius 3 is 1.07 bits per heavy atom. The molecule has 0 aliphatic carbocycles. The fourth-order valence-corrected chi connectivity index (χ4v) is 3.42. The molecular formula is C22H18O7. The van der Waals surface area contributed by atoms with Crippen LogP contribution < -0.4 is 14.2 Å². The summed E-state index contributed by atoms with van der Waals surface area (Å²) in [4.78, 5) is 0. The van der Waals surface area contributed by atoms with Crippen LogP contribution in [0.2, 0.25) is 0 Å². The van der Waals surface area contributed by atoms with Crippen molar-refractivity contribution in [1.82, 2.24) is 0 Å². The summed E-state index contributed by atoms with van der Waals surface area (Å²) in [6.07, 6.45) is 0. The summed E-state index contributed by atoms with van der Waals surface area (Å²) < 4.78 is 16.3. The molecule has 0 heterocycles. The van der Waals surface area contributed by atoms with Crippen molar-refractivity contribution in [3.05, 3.63) is 48.5 Å². The maximum absolute atomic E-state index is 10.6. The summed E-state index contributed by atoms with van der Waals surface area (Å²) in [7, 11) is 2.75. The Labute approximate surface area is 165 Å². The van der Waals surface area contributed by atoms with Crippen LogP contribution >= 0.6 is 0 Å². The highest BCUT2D eigenvalue weighted by molar-refractivity contribution is 6.01. The van der Waals surface area contributed by atoms with Crippen LogP contribution in [0.15, 0.2) is 48.5 Å². The maximum atomic E-state index is 10.6. The van der Waals surface area contributed by atoms with E-state index in [1.165, 1.54) is 14.2 Å². The number of hydrogen-bond acceptors (Lipinski definition) is 7. The van der Waals surface area contributed by atoms with Gasteiger partial charge in [-0.3, -0.25) is 0 Å². The Hall–Kier alpha value is -4.00. The number of fused-ring (bicyclic) bond motifs is 2. The van der Waals surface area contributed by atoms with Gasteiger partial charge in [0.05, 0.1) is 14.2 Å². The Bertz CT molecular complexity index is 1150. The molecule has 0 aliphatic heterocycles. The fraction of sp³-hybridized carbons (Fsp3) is 0.0909. The van der Waals surface area contributed by atoms with Gasteiger partial charge in [-0.05, 0) is 0 Å². The molecule has 0 radical (unpaired) electrons. The highest BCUT2D eigenvalue weighted by Crippen LogP contribution is 2.55. The molecule has 7 heteroatoms. The quantitative estimate of drug-likeness (QED) is 0.374. The molecule has 148 valence electrons. The van der Waals surface area contributed by atoms with Crippen molar-refractivity contribution >= 4 is 21.5 Å². The molecule has 0 atom stereocenters. The normalized spacial score (nSPS) is 11.0. The minimum Gasteiger partial charge on any atom is -0.502 e. The first-order chi connectivity index (χ1) is 14.0. The standard InChI is InChI=1S/C22H18O7/c1-27-19-11-7-3-5-9-13(11)21(17(25)15(19)23)29-22-14-10-6-4-8-12(14)20(28-2)16(24)18(22)26/h3-10,23-26H,1-2H3. The summed E-state index contributed by atoms with van der Waals surface area (Å²) in [6.45, 7) is 0. The largest absolute Gasteiger partial charge is 0.502 e. The lowest BCUT2D eigenvalue weighted by molar-refractivity contribution is 0.331. The van der Waals surface area contributed by atoms with Crippen LogP contribution in [0.5, 0.6) is 46.0 Å². The lowest BCUT2D eigenvalue weighted by Crippen LogP contribution is -1.94. The van der Waals surface area contributed by atoms with E-state index in [4.69, 9.17) is 14.2 Å². The first kappa shape index (κ1) is 18.4. The Morgan fingerprint density at radius 2 is 0.759 bits per heavy atom. The van der Waals surface area contributed by atoms with Gasteiger partial charge < -0.3 is 34.6 Å². The van der Waals surface area contributed by atoms with Crippen LogP contribution in [0.3, 0.4) is 0 Å². The molecule has 0 amide bonds. The molecule has 0 saturated heterocycles. The number of benzene rings is 4. The lowest BCUT2D eigenvalue weighted by Gasteiger charge is -2.18.